The Kier molecular flexibility index (Phi) is 5.33. The van der Waals surface area contributed by atoms with Gasteiger partial charge in [-0.05, 0) is 36.4 Å². The zero-order valence-corrected chi connectivity index (χ0v) is 15.3. The average Bonchev–Trinajstić information content (AvgIpc) is 2.96. The minimum absolute atomic E-state index is 0.244. The Morgan fingerprint density at radius 2 is 2.00 bits per heavy atom. The molecule has 0 radical (unpaired) electrons. The van der Waals surface area contributed by atoms with Crippen molar-refractivity contribution in [3.05, 3.63) is 24.3 Å². The van der Waals surface area contributed by atoms with Crippen molar-refractivity contribution in [2.45, 2.75) is 13.0 Å². The number of amides is 2. The van der Waals surface area contributed by atoms with Crippen molar-refractivity contribution < 1.29 is 19.4 Å². The molecule has 8 nitrogen and oxygen atoms in total. The van der Waals surface area contributed by atoms with Crippen LogP contribution in [0.5, 0.6) is 0 Å². The van der Waals surface area contributed by atoms with Crippen LogP contribution in [0.25, 0.3) is 0 Å². The molecule has 138 valence electrons. The van der Waals surface area contributed by atoms with E-state index < -0.39 is 12.7 Å². The Bertz CT molecular complexity index is 742. The molecule has 0 bridgehead atoms. The number of anilines is 1. The van der Waals surface area contributed by atoms with Crippen molar-refractivity contribution in [1.29, 1.82) is 0 Å². The van der Waals surface area contributed by atoms with Crippen molar-refractivity contribution in [2.75, 3.05) is 44.2 Å². The largest absolute Gasteiger partial charge is 0.550 e. The molecule has 1 unspecified atom stereocenters. The Hall–Kier alpha value is -2.32. The summed E-state index contributed by atoms with van der Waals surface area (Å²) < 4.78 is 4.93. The maximum absolute atomic E-state index is 12.3. The van der Waals surface area contributed by atoms with Crippen LogP contribution in [0.1, 0.15) is 6.92 Å². The second-order valence-corrected chi connectivity index (χ2v) is 6.56. The lowest BCUT2D eigenvalue weighted by molar-refractivity contribution is -0.134. The van der Waals surface area contributed by atoms with Gasteiger partial charge in [0.05, 0.1) is 0 Å². The molecule has 2 fully saturated rings. The highest BCUT2D eigenvalue weighted by Crippen LogP contribution is 2.33. The van der Waals surface area contributed by atoms with E-state index in [-0.39, 0.29) is 16.6 Å². The molecule has 2 heterocycles. The quantitative estimate of drug-likeness (QED) is 0.482. The maximum atomic E-state index is 12.3. The van der Waals surface area contributed by atoms with E-state index in [2.05, 4.69) is 15.2 Å². The highest BCUT2D eigenvalue weighted by atomic mass is 32.1. The van der Waals surface area contributed by atoms with E-state index in [1.165, 1.54) is 0 Å². The summed E-state index contributed by atoms with van der Waals surface area (Å²) in [6.07, 6.45) is -0.704. The highest BCUT2D eigenvalue weighted by Gasteiger charge is 2.51. The van der Waals surface area contributed by atoms with Gasteiger partial charge in [-0.2, -0.15) is 4.79 Å². The minimum atomic E-state index is -0.460. The van der Waals surface area contributed by atoms with E-state index in [4.69, 9.17) is 22.1 Å². The van der Waals surface area contributed by atoms with Gasteiger partial charge in [-0.3, -0.25) is 4.79 Å². The van der Waals surface area contributed by atoms with Crippen LogP contribution in [-0.2, 0) is 9.53 Å². The predicted molar refractivity (Wildman–Crippen MR) is 100.0 cm³/mol. The number of benzene rings is 1. The van der Waals surface area contributed by atoms with Crippen molar-refractivity contribution in [2.24, 2.45) is 5.10 Å². The summed E-state index contributed by atoms with van der Waals surface area (Å²) in [6, 6.07) is 7.54. The van der Waals surface area contributed by atoms with Crippen molar-refractivity contribution >= 4 is 40.8 Å². The number of carbonyl (C=O) groups excluding carboxylic acids is 2. The summed E-state index contributed by atoms with van der Waals surface area (Å²) in [7, 11) is 0. The number of nitrogens with zero attached hydrogens (tertiary/aromatic N) is 4. The third-order valence-electron chi connectivity index (χ3n) is 4.75. The monoisotopic (exact) mass is 377 g/mol. The first kappa shape index (κ1) is 18.5. The summed E-state index contributed by atoms with van der Waals surface area (Å²) >= 11 is 4.72. The van der Waals surface area contributed by atoms with Gasteiger partial charge in [-0.25, -0.2) is 0 Å². The molecule has 0 saturated carbocycles. The number of hydrogen-bond donors (Lipinski definition) is 1. The Morgan fingerprint density at radius 1 is 1.35 bits per heavy atom. The smallest absolute Gasteiger partial charge is 0.409 e. The number of ether oxygens (including phenoxy) is 1. The number of isothiocyanates is 1. The topological polar surface area (TPSA) is 82.4 Å². The second-order valence-electron chi connectivity index (χ2n) is 6.38. The van der Waals surface area contributed by atoms with Crippen LogP contribution in [0.2, 0.25) is 0 Å². The third kappa shape index (κ3) is 3.34. The van der Waals surface area contributed by atoms with Gasteiger partial charge in [0.2, 0.25) is 5.91 Å². The lowest BCUT2D eigenvalue weighted by Gasteiger charge is -2.36. The summed E-state index contributed by atoms with van der Waals surface area (Å²) in [5.41, 5.74) is 1.67. The molecular weight excluding hydrogens is 356 g/mol. The zero-order valence-electron chi connectivity index (χ0n) is 14.5. The summed E-state index contributed by atoms with van der Waals surface area (Å²) in [5, 5.41) is 15.3. The molecule has 0 spiro atoms. The van der Waals surface area contributed by atoms with E-state index in [9.17, 15) is 9.59 Å². The van der Waals surface area contributed by atoms with Crippen molar-refractivity contribution in [3.8, 4) is 0 Å². The van der Waals surface area contributed by atoms with Crippen LogP contribution >= 0.6 is 12.2 Å². The van der Waals surface area contributed by atoms with Gasteiger partial charge in [0.1, 0.15) is 11.8 Å². The normalized spacial score (nSPS) is 25.6. The molecule has 0 aromatic heterocycles. The van der Waals surface area contributed by atoms with Gasteiger partial charge in [-0.15, -0.1) is 0 Å². The Balaban J connectivity index is 1.76. The summed E-state index contributed by atoms with van der Waals surface area (Å²) in [4.78, 5) is 27.7. The highest BCUT2D eigenvalue weighted by molar-refractivity contribution is 7.78. The van der Waals surface area contributed by atoms with Crippen molar-refractivity contribution in [1.82, 2.24) is 9.49 Å². The van der Waals surface area contributed by atoms with E-state index in [0.717, 1.165) is 5.69 Å². The number of thiocarbonyl (C=S) groups is 1. The lowest BCUT2D eigenvalue weighted by Crippen LogP contribution is -2.49. The second kappa shape index (κ2) is 7.51. The van der Waals surface area contributed by atoms with E-state index >= 15 is 0 Å². The van der Waals surface area contributed by atoms with E-state index in [1.807, 2.05) is 31.2 Å². The van der Waals surface area contributed by atoms with Crippen LogP contribution in [-0.4, -0.2) is 72.6 Å². The third-order valence-corrected chi connectivity index (χ3v) is 4.83. The number of hydrogen-bond acceptors (Lipinski definition) is 7. The molecule has 2 aliphatic heterocycles. The van der Waals surface area contributed by atoms with Crippen LogP contribution in [0.3, 0.4) is 0 Å². The number of aliphatic hydroxyl groups excluding tert-OH is 1. The molecule has 1 aromatic carbocycles. The van der Waals surface area contributed by atoms with Gasteiger partial charge in [0, 0.05) is 44.0 Å². The number of cyclic esters (lactones) is 1. The molecule has 9 heteroatoms. The number of carbonyl (C=O) groups is 2. The molecule has 2 amide bonds. The van der Waals surface area contributed by atoms with Gasteiger partial charge >= 0.3 is 6.09 Å². The molecule has 0 aliphatic carbocycles. The number of quaternary nitrogens is 1. The van der Waals surface area contributed by atoms with Gasteiger partial charge in [0.15, 0.2) is 18.3 Å². The number of aliphatic hydroxyl groups is 1. The van der Waals surface area contributed by atoms with Crippen LogP contribution in [0.15, 0.2) is 29.4 Å². The minimum Gasteiger partial charge on any atom is -0.409 e. The average molecular weight is 377 g/mol. The van der Waals surface area contributed by atoms with E-state index in [1.54, 1.807) is 4.90 Å². The molecule has 1 N–H and O–H groups in total. The Morgan fingerprint density at radius 3 is 2.50 bits per heavy atom. The molecule has 26 heavy (non-hydrogen) atoms. The maximum Gasteiger partial charge on any atom is 0.550 e. The SMILES string of the molecule is CC1C[N@+](N=C=S)(c2ccc(N3CCN(C(=O)CO)CC3)cc2)C(=O)O1. The van der Waals surface area contributed by atoms with Crippen LogP contribution in [0.4, 0.5) is 16.2 Å². The van der Waals surface area contributed by atoms with Crippen LogP contribution in [0, 0.1) is 0 Å². The van der Waals surface area contributed by atoms with Crippen LogP contribution < -0.4 is 9.49 Å². The first-order valence-corrected chi connectivity index (χ1v) is 8.84. The first-order valence-electron chi connectivity index (χ1n) is 8.43. The van der Waals surface area contributed by atoms with E-state index in [0.29, 0.717) is 38.4 Å². The predicted octanol–water partition coefficient (Wildman–Crippen LogP) is 1.19. The summed E-state index contributed by atoms with van der Waals surface area (Å²) in [6.45, 7) is 4.25. The molecule has 2 atom stereocenters. The first-order chi connectivity index (χ1) is 12.5. The van der Waals surface area contributed by atoms with Gasteiger partial charge in [0.25, 0.3) is 0 Å². The fourth-order valence-corrected chi connectivity index (χ4v) is 3.53. The zero-order chi connectivity index (χ0) is 18.7. The summed E-state index contributed by atoms with van der Waals surface area (Å²) in [5.74, 6) is -0.244. The van der Waals surface area contributed by atoms with Crippen molar-refractivity contribution in [3.63, 3.8) is 0 Å². The molecule has 1 aromatic rings. The number of rotatable bonds is 4. The molecule has 2 aliphatic rings. The molecule has 3 rings (SSSR count). The standard InChI is InChI=1S/C17H21N4O4S/c1-13-10-21(18-12-26,17(24)25-13)15-4-2-14(3-5-15)19-6-8-20(9-7-19)16(23)11-22/h2-5,13,22H,6-11H2,1H3/q+1/t13?,21-/m0/s1. The molecular formula is C17H21N4O4S+. The fourth-order valence-electron chi connectivity index (χ4n) is 3.39. The lowest BCUT2D eigenvalue weighted by atomic mass is 10.2. The molecule has 2 saturated heterocycles. The Labute approximate surface area is 156 Å². The number of piperazine rings is 1. The fraction of sp³-hybridized carbons (Fsp3) is 0.471. The van der Waals surface area contributed by atoms with Gasteiger partial charge in [-0.1, -0.05) is 4.59 Å². The van der Waals surface area contributed by atoms with Gasteiger partial charge < -0.3 is 19.6 Å².